The number of alkyl halides is 5. The Bertz CT molecular complexity index is 2340. The van der Waals surface area contributed by atoms with E-state index in [1.165, 1.54) is 42.5 Å². The normalized spacial score (nSPS) is 18.8. The van der Waals surface area contributed by atoms with Crippen LogP contribution in [0.25, 0.3) is 16.8 Å². The molecule has 1 unspecified atom stereocenters. The van der Waals surface area contributed by atoms with Crippen LogP contribution < -0.4 is 11.5 Å². The van der Waals surface area contributed by atoms with E-state index in [1.807, 2.05) is 0 Å². The molecule has 4 aromatic heterocycles. The molecular formula is C34H26ClF7N8O2. The first kappa shape index (κ1) is 35.2. The number of nitrogens with zero attached hydrogens (tertiary/aromatic N) is 6. The number of aromatic nitrogens is 6. The zero-order valence-corrected chi connectivity index (χ0v) is 27.7. The summed E-state index contributed by atoms with van der Waals surface area (Å²) in [6, 6.07) is 5.99. The third-order valence-electron chi connectivity index (χ3n) is 9.07. The van der Waals surface area contributed by atoms with Gasteiger partial charge in [0.15, 0.2) is 11.3 Å². The molecule has 0 radical (unpaired) electrons. The van der Waals surface area contributed by atoms with Crippen LogP contribution in [0.3, 0.4) is 0 Å². The molecule has 0 saturated heterocycles. The van der Waals surface area contributed by atoms with Crippen LogP contribution in [0.2, 0.25) is 5.15 Å². The lowest BCUT2D eigenvalue weighted by molar-refractivity contribution is -0.142. The highest BCUT2D eigenvalue weighted by Crippen LogP contribution is 2.69. The first-order chi connectivity index (χ1) is 24.3. The van der Waals surface area contributed by atoms with Crippen molar-refractivity contribution in [3.8, 4) is 23.0 Å². The second-order valence-electron chi connectivity index (χ2n) is 13.3. The molecule has 1 aromatic carbocycles. The van der Waals surface area contributed by atoms with Crippen LogP contribution in [0.4, 0.5) is 36.7 Å². The van der Waals surface area contributed by atoms with Crippen molar-refractivity contribution in [3.63, 3.8) is 0 Å². The molecule has 5 aromatic rings. The van der Waals surface area contributed by atoms with Gasteiger partial charge in [0.2, 0.25) is 11.9 Å². The molecular weight excluding hydrogens is 721 g/mol. The predicted molar refractivity (Wildman–Crippen MR) is 172 cm³/mol. The van der Waals surface area contributed by atoms with Crippen molar-refractivity contribution in [2.24, 2.45) is 11.7 Å². The summed E-state index contributed by atoms with van der Waals surface area (Å²) in [6.45, 7) is 2.78. The molecule has 18 heteroatoms. The minimum Gasteiger partial charge on any atom is -0.378 e. The summed E-state index contributed by atoms with van der Waals surface area (Å²) in [4.78, 5) is 18.2. The second kappa shape index (κ2) is 11.9. The van der Waals surface area contributed by atoms with Crippen LogP contribution in [0, 0.1) is 29.4 Å². The number of rotatable bonds is 7. The van der Waals surface area contributed by atoms with Gasteiger partial charge in [-0.3, -0.25) is 9.20 Å². The highest BCUT2D eigenvalue weighted by Gasteiger charge is 2.69. The summed E-state index contributed by atoms with van der Waals surface area (Å²) in [5.41, 5.74) is 6.91. The first-order valence-corrected chi connectivity index (χ1v) is 16.0. The lowest BCUT2D eigenvalue weighted by atomic mass is 9.84. The van der Waals surface area contributed by atoms with Gasteiger partial charge in [0.05, 0.1) is 5.69 Å². The fraction of sp³-hybridized carbons (Fsp3) is 0.324. The van der Waals surface area contributed by atoms with E-state index in [-0.39, 0.29) is 51.2 Å². The average Bonchev–Trinajstić information content (AvgIpc) is 3.50. The van der Waals surface area contributed by atoms with E-state index >= 15 is 8.78 Å². The van der Waals surface area contributed by atoms with Crippen LogP contribution in [-0.2, 0) is 23.3 Å². The van der Waals surface area contributed by atoms with E-state index in [2.05, 4.69) is 32.1 Å². The van der Waals surface area contributed by atoms with Gasteiger partial charge in [-0.1, -0.05) is 17.5 Å². The highest BCUT2D eigenvalue weighted by atomic mass is 35.5. The molecule has 1 amide bonds. The van der Waals surface area contributed by atoms with Crippen LogP contribution in [-0.4, -0.2) is 46.0 Å². The lowest BCUT2D eigenvalue weighted by Gasteiger charge is -2.29. The summed E-state index contributed by atoms with van der Waals surface area (Å²) in [7, 11) is 0. The number of carbonyl (C=O) groups is 1. The number of halogens is 8. The van der Waals surface area contributed by atoms with Crippen molar-refractivity contribution < 1.29 is 40.6 Å². The standard InChI is InChI=1S/C34H26ClF7N8O2/c1-32(2,52)8-7-17-3-4-18(19-5-6-23(35)49-30(19)46-47-31(49)44)25(45-17)21(11-14-9-15(36)12-16(37)10-14)26(29(43)51)50-28-24(27(48-50)34(40,41)42)20-13-22(20)33(28,38)39/h3-6,9-10,12,20-22,26,52H,11,13H2,1-2H3,(H2,43,51)(H2,44,47)/t20-,21+,22+,26?/m0/s1. The Morgan fingerprint density at radius 2 is 1.77 bits per heavy atom. The molecule has 0 spiro atoms. The molecule has 1 saturated carbocycles. The van der Waals surface area contributed by atoms with Crippen molar-refractivity contribution >= 4 is 29.1 Å². The summed E-state index contributed by atoms with van der Waals surface area (Å²) in [5.74, 6) is -6.43. The number of hydrogen-bond acceptors (Lipinski definition) is 7. The van der Waals surface area contributed by atoms with E-state index in [9.17, 15) is 31.9 Å². The maximum Gasteiger partial charge on any atom is 0.435 e. The van der Waals surface area contributed by atoms with Crippen molar-refractivity contribution in [2.75, 3.05) is 5.73 Å². The molecule has 0 bridgehead atoms. The molecule has 4 heterocycles. The molecule has 2 aliphatic carbocycles. The Hall–Kier alpha value is -5.21. The number of amides is 1. The number of carbonyl (C=O) groups excluding carboxylic acids is 1. The quantitative estimate of drug-likeness (QED) is 0.107. The average molecular weight is 747 g/mol. The van der Waals surface area contributed by atoms with Crippen molar-refractivity contribution in [1.29, 1.82) is 0 Å². The maximum absolute atomic E-state index is 15.9. The fourth-order valence-corrected chi connectivity index (χ4v) is 7.16. The highest BCUT2D eigenvalue weighted by molar-refractivity contribution is 6.30. The molecule has 4 atom stereocenters. The third kappa shape index (κ3) is 5.99. The Balaban J connectivity index is 1.55. The number of hydrogen-bond donors (Lipinski definition) is 3. The predicted octanol–water partition coefficient (Wildman–Crippen LogP) is 5.90. The van der Waals surface area contributed by atoms with Crippen LogP contribution >= 0.6 is 11.6 Å². The largest absolute Gasteiger partial charge is 0.435 e. The number of benzene rings is 1. The van der Waals surface area contributed by atoms with E-state index in [0.717, 1.165) is 12.1 Å². The SMILES string of the molecule is CC(C)(O)C#Cc1ccc(-c2ccc(Cl)n3c(N)nnc23)c([C@@H](Cc2cc(F)cc(F)c2)C(C(N)=O)n2nc(C(F)(F)F)c3c2C(F)(F)[C@@H]2C[C@H]32)n1. The number of nitrogens with two attached hydrogens (primary N) is 2. The zero-order valence-electron chi connectivity index (χ0n) is 27.0. The van der Waals surface area contributed by atoms with Crippen molar-refractivity contribution in [1.82, 2.24) is 29.4 Å². The van der Waals surface area contributed by atoms with Crippen molar-refractivity contribution in [3.05, 3.63) is 93.2 Å². The summed E-state index contributed by atoms with van der Waals surface area (Å²) < 4.78 is 106. The molecule has 1 fully saturated rings. The van der Waals surface area contributed by atoms with Gasteiger partial charge in [0.1, 0.15) is 39.8 Å². The van der Waals surface area contributed by atoms with Crippen molar-refractivity contribution in [2.45, 2.75) is 62.3 Å². The van der Waals surface area contributed by atoms with E-state index < -0.39 is 82.4 Å². The van der Waals surface area contributed by atoms with Crippen LogP contribution in [0.5, 0.6) is 0 Å². The molecule has 7 rings (SSSR count). The molecule has 52 heavy (non-hydrogen) atoms. The number of anilines is 1. The number of primary amides is 1. The summed E-state index contributed by atoms with van der Waals surface area (Å²) in [6.07, 6.45) is -5.99. The number of aliphatic hydroxyl groups is 1. The van der Waals surface area contributed by atoms with E-state index in [1.54, 1.807) is 0 Å². The topological polar surface area (TPSA) is 150 Å². The number of fused-ring (bicyclic) bond motifs is 4. The number of nitrogen functional groups attached to an aromatic ring is 1. The Labute approximate surface area is 294 Å². The summed E-state index contributed by atoms with van der Waals surface area (Å²) in [5, 5.41) is 21.9. The van der Waals surface area contributed by atoms with Gasteiger partial charge < -0.3 is 16.6 Å². The van der Waals surface area contributed by atoms with E-state index in [0.29, 0.717) is 10.7 Å². The molecule has 5 N–H and O–H groups in total. The first-order valence-electron chi connectivity index (χ1n) is 15.6. The van der Waals surface area contributed by atoms with Crippen LogP contribution in [0.15, 0.2) is 42.5 Å². The van der Waals surface area contributed by atoms with Gasteiger partial charge in [-0.05, 0) is 80.5 Å². The maximum atomic E-state index is 15.9. The van der Waals surface area contributed by atoms with Crippen LogP contribution in [0.1, 0.15) is 72.0 Å². The minimum atomic E-state index is -5.19. The molecule has 10 nitrogen and oxygen atoms in total. The summed E-state index contributed by atoms with van der Waals surface area (Å²) >= 11 is 6.36. The van der Waals surface area contributed by atoms with Gasteiger partial charge >= 0.3 is 6.18 Å². The van der Waals surface area contributed by atoms with E-state index in [4.69, 9.17) is 23.1 Å². The minimum absolute atomic E-state index is 0.0428. The zero-order chi connectivity index (χ0) is 37.7. The Morgan fingerprint density at radius 1 is 1.10 bits per heavy atom. The number of pyridine rings is 2. The molecule has 270 valence electrons. The molecule has 2 aliphatic rings. The fourth-order valence-electron chi connectivity index (χ4n) is 6.93. The Kier molecular flexibility index (Phi) is 8.07. The lowest BCUT2D eigenvalue weighted by Crippen LogP contribution is -2.37. The van der Waals surface area contributed by atoms with Gasteiger partial charge in [0.25, 0.3) is 5.92 Å². The van der Waals surface area contributed by atoms with Gasteiger partial charge in [0, 0.05) is 34.6 Å². The Morgan fingerprint density at radius 3 is 2.40 bits per heavy atom. The van der Waals surface area contributed by atoms with Gasteiger partial charge in [-0.25, -0.2) is 18.4 Å². The van der Waals surface area contributed by atoms with Gasteiger partial charge in [-0.15, -0.1) is 10.2 Å². The van der Waals surface area contributed by atoms with Gasteiger partial charge in [-0.2, -0.15) is 27.1 Å². The smallest absolute Gasteiger partial charge is 0.378 e. The molecule has 0 aliphatic heterocycles. The second-order valence-corrected chi connectivity index (χ2v) is 13.7. The monoisotopic (exact) mass is 746 g/mol. The third-order valence-corrected chi connectivity index (χ3v) is 9.36.